The van der Waals surface area contributed by atoms with E-state index < -0.39 is 0 Å². The van der Waals surface area contributed by atoms with Crippen LogP contribution in [0.3, 0.4) is 0 Å². The number of rotatable bonds is 4. The fourth-order valence-corrected chi connectivity index (χ4v) is 2.13. The smallest absolute Gasteiger partial charge is 0.233 e. The van der Waals surface area contributed by atoms with E-state index in [4.69, 9.17) is 0 Å². The Morgan fingerprint density at radius 2 is 2.00 bits per heavy atom. The molecule has 88 valence electrons. The minimum atomic E-state index is -0.204. The molecule has 2 rings (SSSR count). The maximum atomic E-state index is 12.0. The van der Waals surface area contributed by atoms with E-state index in [0.717, 1.165) is 5.56 Å². The van der Waals surface area contributed by atoms with Crippen LogP contribution >= 0.6 is 0 Å². The van der Waals surface area contributed by atoms with Crippen LogP contribution < -0.4 is 0 Å². The number of imide groups is 1. The van der Waals surface area contributed by atoms with Crippen LogP contribution in [-0.4, -0.2) is 23.3 Å². The van der Waals surface area contributed by atoms with E-state index in [1.54, 1.807) is 6.08 Å². The first-order chi connectivity index (χ1) is 8.22. The molecule has 0 N–H and O–H groups in total. The lowest BCUT2D eigenvalue weighted by atomic mass is 9.98. The summed E-state index contributed by atoms with van der Waals surface area (Å²) < 4.78 is 0. The van der Waals surface area contributed by atoms with Gasteiger partial charge in [0, 0.05) is 13.0 Å². The minimum absolute atomic E-state index is 0.0706. The Hall–Kier alpha value is -1.90. The fraction of sp³-hybridized carbons (Fsp3) is 0.286. The van der Waals surface area contributed by atoms with E-state index in [1.165, 1.54) is 4.90 Å². The predicted octanol–water partition coefficient (Wildman–Crippen LogP) is 1.79. The first-order valence-electron chi connectivity index (χ1n) is 5.71. The maximum Gasteiger partial charge on any atom is 0.233 e. The molecule has 2 amide bonds. The second kappa shape index (κ2) is 4.95. The van der Waals surface area contributed by atoms with E-state index in [9.17, 15) is 9.59 Å². The van der Waals surface area contributed by atoms with Gasteiger partial charge in [-0.25, -0.2) is 0 Å². The Morgan fingerprint density at radius 1 is 1.29 bits per heavy atom. The van der Waals surface area contributed by atoms with Gasteiger partial charge < -0.3 is 0 Å². The van der Waals surface area contributed by atoms with E-state index >= 15 is 0 Å². The van der Waals surface area contributed by atoms with Gasteiger partial charge in [-0.15, -0.1) is 6.58 Å². The summed E-state index contributed by atoms with van der Waals surface area (Å²) in [6, 6.07) is 9.78. The van der Waals surface area contributed by atoms with Gasteiger partial charge in [-0.05, 0) is 12.0 Å². The monoisotopic (exact) mass is 229 g/mol. The molecular formula is C14H15NO2. The highest BCUT2D eigenvalue weighted by Gasteiger charge is 2.37. The molecule has 1 saturated heterocycles. The summed E-state index contributed by atoms with van der Waals surface area (Å²) in [6.07, 6.45) is 2.54. The van der Waals surface area contributed by atoms with Crippen LogP contribution in [0.2, 0.25) is 0 Å². The summed E-state index contributed by atoms with van der Waals surface area (Å²) in [5, 5.41) is 0. The molecule has 1 atom stereocenters. The number of carbonyl (C=O) groups excluding carboxylic acids is 2. The lowest BCUT2D eigenvalue weighted by Gasteiger charge is -2.12. The molecule has 1 fully saturated rings. The van der Waals surface area contributed by atoms with Crippen molar-refractivity contribution in [3.8, 4) is 0 Å². The van der Waals surface area contributed by atoms with Crippen molar-refractivity contribution in [2.75, 3.05) is 6.54 Å². The second-order valence-corrected chi connectivity index (χ2v) is 4.22. The Balaban J connectivity index is 2.07. The summed E-state index contributed by atoms with van der Waals surface area (Å²) in [4.78, 5) is 24.9. The van der Waals surface area contributed by atoms with Crippen molar-refractivity contribution in [1.29, 1.82) is 0 Å². The van der Waals surface area contributed by atoms with Gasteiger partial charge in [0.1, 0.15) is 0 Å². The molecule has 0 unspecified atom stereocenters. The quantitative estimate of drug-likeness (QED) is 0.583. The van der Waals surface area contributed by atoms with Crippen LogP contribution in [-0.2, 0) is 16.0 Å². The van der Waals surface area contributed by atoms with Gasteiger partial charge in [0.2, 0.25) is 11.8 Å². The highest BCUT2D eigenvalue weighted by atomic mass is 16.2. The minimum Gasteiger partial charge on any atom is -0.278 e. The van der Waals surface area contributed by atoms with Gasteiger partial charge in [0.15, 0.2) is 0 Å². The summed E-state index contributed by atoms with van der Waals surface area (Å²) in [5.74, 6) is -0.362. The van der Waals surface area contributed by atoms with E-state index in [2.05, 4.69) is 6.58 Å². The summed E-state index contributed by atoms with van der Waals surface area (Å²) in [5.41, 5.74) is 1.10. The van der Waals surface area contributed by atoms with Gasteiger partial charge >= 0.3 is 0 Å². The highest BCUT2D eigenvalue weighted by molar-refractivity contribution is 6.03. The molecule has 0 saturated carbocycles. The van der Waals surface area contributed by atoms with Gasteiger partial charge in [0.05, 0.1) is 5.92 Å². The van der Waals surface area contributed by atoms with Crippen molar-refractivity contribution >= 4 is 11.8 Å². The van der Waals surface area contributed by atoms with Crippen molar-refractivity contribution in [3.63, 3.8) is 0 Å². The number of carbonyl (C=O) groups is 2. The molecule has 1 aliphatic rings. The Morgan fingerprint density at radius 3 is 2.65 bits per heavy atom. The van der Waals surface area contributed by atoms with Crippen molar-refractivity contribution < 1.29 is 9.59 Å². The van der Waals surface area contributed by atoms with Crippen LogP contribution in [0.15, 0.2) is 43.0 Å². The van der Waals surface area contributed by atoms with Crippen molar-refractivity contribution in [3.05, 3.63) is 48.6 Å². The zero-order chi connectivity index (χ0) is 12.3. The summed E-state index contributed by atoms with van der Waals surface area (Å²) >= 11 is 0. The molecule has 0 spiro atoms. The van der Waals surface area contributed by atoms with Gasteiger partial charge in [-0.3, -0.25) is 14.5 Å². The predicted molar refractivity (Wildman–Crippen MR) is 65.2 cm³/mol. The molecular weight excluding hydrogens is 214 g/mol. The highest BCUT2D eigenvalue weighted by Crippen LogP contribution is 2.23. The normalized spacial score (nSPS) is 19.8. The van der Waals surface area contributed by atoms with Crippen molar-refractivity contribution in [1.82, 2.24) is 4.90 Å². The summed E-state index contributed by atoms with van der Waals surface area (Å²) in [7, 11) is 0. The van der Waals surface area contributed by atoms with Crippen LogP contribution in [0.1, 0.15) is 12.0 Å². The number of hydrogen-bond donors (Lipinski definition) is 0. The molecule has 0 radical (unpaired) electrons. The van der Waals surface area contributed by atoms with Gasteiger partial charge in [-0.1, -0.05) is 36.4 Å². The first-order valence-corrected chi connectivity index (χ1v) is 5.71. The molecule has 0 aliphatic carbocycles. The number of nitrogens with zero attached hydrogens (tertiary/aromatic N) is 1. The number of hydrogen-bond acceptors (Lipinski definition) is 2. The Kier molecular flexibility index (Phi) is 3.38. The van der Waals surface area contributed by atoms with E-state index in [0.29, 0.717) is 19.4 Å². The largest absolute Gasteiger partial charge is 0.278 e. The van der Waals surface area contributed by atoms with Crippen LogP contribution in [0.25, 0.3) is 0 Å². The zero-order valence-electron chi connectivity index (χ0n) is 9.63. The molecule has 0 aromatic heterocycles. The standard InChI is InChI=1S/C14H15NO2/c1-2-8-15-13(16)10-12(14(15)17)9-11-6-4-3-5-7-11/h2-7,12H,1,8-10H2/t12-/m0/s1. The Bertz CT molecular complexity index is 439. The lowest BCUT2D eigenvalue weighted by Crippen LogP contribution is -2.31. The van der Waals surface area contributed by atoms with Gasteiger partial charge in [0.25, 0.3) is 0 Å². The fourth-order valence-electron chi connectivity index (χ4n) is 2.13. The Labute approximate surface area is 101 Å². The first kappa shape index (κ1) is 11.6. The van der Waals surface area contributed by atoms with Crippen LogP contribution in [0.4, 0.5) is 0 Å². The third-order valence-electron chi connectivity index (χ3n) is 2.97. The van der Waals surface area contributed by atoms with Crippen LogP contribution in [0.5, 0.6) is 0 Å². The molecule has 1 aromatic carbocycles. The van der Waals surface area contributed by atoms with Crippen LogP contribution in [0, 0.1) is 5.92 Å². The summed E-state index contributed by atoms with van der Waals surface area (Å²) in [6.45, 7) is 3.88. The molecule has 17 heavy (non-hydrogen) atoms. The number of amides is 2. The second-order valence-electron chi connectivity index (χ2n) is 4.22. The third-order valence-corrected chi connectivity index (χ3v) is 2.97. The van der Waals surface area contributed by atoms with Crippen molar-refractivity contribution in [2.24, 2.45) is 5.92 Å². The van der Waals surface area contributed by atoms with Crippen molar-refractivity contribution in [2.45, 2.75) is 12.8 Å². The van der Waals surface area contributed by atoms with E-state index in [-0.39, 0.29) is 17.7 Å². The van der Waals surface area contributed by atoms with Gasteiger partial charge in [-0.2, -0.15) is 0 Å². The average molecular weight is 229 g/mol. The zero-order valence-corrected chi connectivity index (χ0v) is 9.63. The maximum absolute atomic E-state index is 12.0. The SMILES string of the molecule is C=CCN1C(=O)C[C@H](Cc2ccccc2)C1=O. The molecule has 1 aliphatic heterocycles. The molecule has 3 heteroatoms. The average Bonchev–Trinajstić information content (AvgIpc) is 2.59. The molecule has 3 nitrogen and oxygen atoms in total. The number of likely N-dealkylation sites (tertiary alicyclic amines) is 1. The van der Waals surface area contributed by atoms with E-state index in [1.807, 2.05) is 30.3 Å². The molecule has 1 aromatic rings. The topological polar surface area (TPSA) is 37.4 Å². The lowest BCUT2D eigenvalue weighted by molar-refractivity contribution is -0.138. The molecule has 1 heterocycles. The number of benzene rings is 1. The third kappa shape index (κ3) is 2.44. The molecule has 0 bridgehead atoms.